The molecule has 242 valence electrons. The quantitative estimate of drug-likeness (QED) is 0.108. The highest BCUT2D eigenvalue weighted by Crippen LogP contribution is 2.40. The van der Waals surface area contributed by atoms with Crippen LogP contribution in [0.3, 0.4) is 0 Å². The Morgan fingerprint density at radius 1 is 1.11 bits per heavy atom. The van der Waals surface area contributed by atoms with Gasteiger partial charge in [-0.25, -0.2) is 4.98 Å². The summed E-state index contributed by atoms with van der Waals surface area (Å²) < 4.78 is 55.9. The molecule has 0 amide bonds. The number of likely N-dealkylation sites (tertiary alicyclic amines) is 1. The number of hydrogen-bond donors (Lipinski definition) is 3. The zero-order chi connectivity index (χ0) is 32.8. The number of nitrogens with one attached hydrogen (secondary N) is 1. The molecule has 1 aliphatic rings. The molecule has 0 saturated carbocycles. The third-order valence-electron chi connectivity index (χ3n) is 7.34. The summed E-state index contributed by atoms with van der Waals surface area (Å²) in [6.45, 7) is 3.63. The number of esters is 1. The number of amidine groups is 1. The summed E-state index contributed by atoms with van der Waals surface area (Å²) >= 11 is 0. The van der Waals surface area contributed by atoms with Crippen LogP contribution in [0.25, 0.3) is 11.4 Å². The predicted molar refractivity (Wildman–Crippen MR) is 163 cm³/mol. The maximum absolute atomic E-state index is 16.0. The van der Waals surface area contributed by atoms with Gasteiger partial charge in [0.2, 0.25) is 17.4 Å². The molecule has 1 fully saturated rings. The molecule has 3 heterocycles. The average molecular weight is 637 g/mol. The Balaban J connectivity index is 1.43. The topological polar surface area (TPSA) is 158 Å². The minimum atomic E-state index is -1.25. The molecule has 5 rings (SSSR count). The van der Waals surface area contributed by atoms with Crippen LogP contribution in [-0.2, 0) is 16.6 Å². The van der Waals surface area contributed by atoms with E-state index in [1.807, 2.05) is 7.05 Å². The number of benzene rings is 2. The molecule has 4 N–H and O–H groups in total. The second-order valence-electron chi connectivity index (χ2n) is 10.6. The van der Waals surface area contributed by atoms with Gasteiger partial charge in [-0.1, -0.05) is 12.1 Å². The Labute approximate surface area is 263 Å². The Hall–Kier alpha value is -5.24. The number of aryl methyl sites for hydroxylation is 1. The normalized spacial score (nSPS) is 13.7. The van der Waals surface area contributed by atoms with E-state index in [0.717, 1.165) is 0 Å². The van der Waals surface area contributed by atoms with Gasteiger partial charge in [-0.2, -0.15) is 13.8 Å². The van der Waals surface area contributed by atoms with Gasteiger partial charge in [-0.15, -0.1) is 0 Å². The van der Waals surface area contributed by atoms with E-state index < -0.39 is 41.0 Å². The van der Waals surface area contributed by atoms with Gasteiger partial charge in [0.25, 0.3) is 11.8 Å². The van der Waals surface area contributed by atoms with Gasteiger partial charge in [0.15, 0.2) is 11.5 Å². The molecule has 0 radical (unpaired) electrons. The lowest BCUT2D eigenvalue weighted by molar-refractivity contribution is -0.143. The summed E-state index contributed by atoms with van der Waals surface area (Å²) in [6.07, 6.45) is 3.96. The van der Waals surface area contributed by atoms with Crippen LogP contribution in [0.4, 0.5) is 8.78 Å². The van der Waals surface area contributed by atoms with Crippen molar-refractivity contribution in [2.24, 2.45) is 12.8 Å². The van der Waals surface area contributed by atoms with Crippen LogP contribution in [-0.4, -0.2) is 68.7 Å². The molecule has 14 heteroatoms. The molecule has 46 heavy (non-hydrogen) atoms. The number of halogens is 2. The van der Waals surface area contributed by atoms with Crippen molar-refractivity contribution in [3.63, 3.8) is 0 Å². The van der Waals surface area contributed by atoms with Crippen LogP contribution in [0, 0.1) is 17.0 Å². The van der Waals surface area contributed by atoms with E-state index in [1.54, 1.807) is 48.1 Å². The monoisotopic (exact) mass is 636 g/mol. The molecule has 0 unspecified atom stereocenters. The smallest absolute Gasteiger partial charge is 0.307 e. The van der Waals surface area contributed by atoms with Crippen LogP contribution in [0.15, 0.2) is 54.9 Å². The van der Waals surface area contributed by atoms with Crippen molar-refractivity contribution in [1.29, 1.82) is 5.41 Å². The number of piperidine rings is 1. The number of aromatic nitrogens is 3. The van der Waals surface area contributed by atoms with Crippen molar-refractivity contribution >= 4 is 11.8 Å². The molecule has 2 aromatic carbocycles. The molecule has 0 atom stereocenters. The number of carbonyl (C=O) groups is 1. The Morgan fingerprint density at radius 2 is 1.85 bits per heavy atom. The summed E-state index contributed by atoms with van der Waals surface area (Å²) in [7, 11) is 1.83. The lowest BCUT2D eigenvalue weighted by Gasteiger charge is -2.32. The highest BCUT2D eigenvalue weighted by molar-refractivity contribution is 5.95. The number of rotatable bonds is 12. The number of phenolic OH excluding ortho intramolecular Hbond substituents is 1. The first kappa shape index (κ1) is 32.2. The molecular formula is C32H34F2N6O6. The lowest BCUT2D eigenvalue weighted by Crippen LogP contribution is -2.39. The van der Waals surface area contributed by atoms with Crippen molar-refractivity contribution in [2.45, 2.75) is 32.3 Å². The van der Waals surface area contributed by atoms with Crippen molar-refractivity contribution < 1.29 is 37.6 Å². The molecule has 1 saturated heterocycles. The van der Waals surface area contributed by atoms with Crippen molar-refractivity contribution in [1.82, 2.24) is 19.4 Å². The fraction of sp³-hybridized carbons (Fsp3) is 0.312. The van der Waals surface area contributed by atoms with Gasteiger partial charge in [0.1, 0.15) is 23.5 Å². The zero-order valence-corrected chi connectivity index (χ0v) is 25.3. The Morgan fingerprint density at radius 3 is 2.52 bits per heavy atom. The molecule has 1 aliphatic heterocycles. The van der Waals surface area contributed by atoms with Gasteiger partial charge < -0.3 is 39.3 Å². The molecule has 0 spiro atoms. The summed E-state index contributed by atoms with van der Waals surface area (Å²) in [6, 6.07) is 10.5. The number of aromatic hydroxyl groups is 1. The summed E-state index contributed by atoms with van der Waals surface area (Å²) in [4.78, 5) is 22.1. The second-order valence-corrected chi connectivity index (χ2v) is 10.6. The first-order valence-corrected chi connectivity index (χ1v) is 14.7. The van der Waals surface area contributed by atoms with Gasteiger partial charge in [-0.05, 0) is 50.1 Å². The van der Waals surface area contributed by atoms with Gasteiger partial charge in [-0.3, -0.25) is 10.2 Å². The first-order chi connectivity index (χ1) is 22.1. The van der Waals surface area contributed by atoms with E-state index in [1.165, 1.54) is 18.2 Å². The molecule has 0 aliphatic carbocycles. The van der Waals surface area contributed by atoms with Gasteiger partial charge in [0.05, 0.1) is 13.0 Å². The number of nitrogens with zero attached hydrogens (tertiary/aromatic N) is 4. The van der Waals surface area contributed by atoms with Gasteiger partial charge >= 0.3 is 5.97 Å². The number of ether oxygens (including phenoxy) is 4. The molecule has 2 aromatic heterocycles. The van der Waals surface area contributed by atoms with E-state index >= 15 is 8.78 Å². The Kier molecular flexibility index (Phi) is 9.96. The van der Waals surface area contributed by atoms with Crippen LogP contribution >= 0.6 is 0 Å². The predicted octanol–water partition coefficient (Wildman–Crippen LogP) is 5.13. The van der Waals surface area contributed by atoms with E-state index in [2.05, 4.69) is 14.9 Å². The van der Waals surface area contributed by atoms with E-state index in [9.17, 15) is 9.90 Å². The third-order valence-corrected chi connectivity index (χ3v) is 7.34. The number of carbonyl (C=O) groups excluding carboxylic acids is 1. The first-order valence-electron chi connectivity index (χ1n) is 14.7. The summed E-state index contributed by atoms with van der Waals surface area (Å²) in [5.41, 5.74) is 6.44. The maximum Gasteiger partial charge on any atom is 0.307 e. The highest BCUT2D eigenvalue weighted by atomic mass is 19.1. The highest BCUT2D eigenvalue weighted by Gasteiger charge is 2.30. The number of pyridine rings is 1. The molecule has 12 nitrogen and oxygen atoms in total. The fourth-order valence-electron chi connectivity index (χ4n) is 4.94. The van der Waals surface area contributed by atoms with Crippen molar-refractivity contribution in [3.05, 3.63) is 72.1 Å². The number of imidazole rings is 1. The molecular weight excluding hydrogens is 602 g/mol. The van der Waals surface area contributed by atoms with Crippen LogP contribution < -0.4 is 19.9 Å². The molecule has 0 bridgehead atoms. The average Bonchev–Trinajstić information content (AvgIpc) is 3.48. The maximum atomic E-state index is 16.0. The third kappa shape index (κ3) is 7.51. The van der Waals surface area contributed by atoms with Crippen molar-refractivity contribution in [3.8, 4) is 46.1 Å². The number of hydrogen-bond acceptors (Lipinski definition) is 10. The largest absolute Gasteiger partial charge is 0.504 e. The van der Waals surface area contributed by atoms with Crippen LogP contribution in [0.5, 0.6) is 34.8 Å². The minimum Gasteiger partial charge on any atom is -0.504 e. The number of nitrogen functional groups attached to an aromatic ring is 1. The second kappa shape index (κ2) is 14.2. The van der Waals surface area contributed by atoms with E-state index in [0.29, 0.717) is 50.5 Å². The fourth-order valence-corrected chi connectivity index (χ4v) is 4.94. The number of phenols is 1. The van der Waals surface area contributed by atoms with Gasteiger partial charge in [0, 0.05) is 50.2 Å². The summed E-state index contributed by atoms with van der Waals surface area (Å²) in [5.74, 6) is -4.97. The minimum absolute atomic E-state index is 0.187. The van der Waals surface area contributed by atoms with E-state index in [4.69, 9.17) is 30.1 Å². The summed E-state index contributed by atoms with van der Waals surface area (Å²) in [5, 5.41) is 18.1. The Bertz CT molecular complexity index is 1720. The standard InChI is InChI=1S/C32H34F2N6O6/c1-3-43-25(42)11-15-40-13-9-21(10-14-40)44-28-26(33)31(45-22-6-4-5-20(17-22)30-37-12-16-39(30)2)38-32(27(28)34)46-24-18-19(29(35)36)7-8-23(24)41/h4-8,12,16-18,21,41H,3,9-11,13-15H2,1-2H3,(H3,35,36). The number of nitrogens with two attached hydrogens (primary N) is 1. The zero-order valence-electron chi connectivity index (χ0n) is 25.3. The molecule has 4 aromatic rings. The van der Waals surface area contributed by atoms with Crippen LogP contribution in [0.1, 0.15) is 31.7 Å². The van der Waals surface area contributed by atoms with Crippen LogP contribution in [0.2, 0.25) is 0 Å². The lowest BCUT2D eigenvalue weighted by atomic mass is 10.1. The van der Waals surface area contributed by atoms with Crippen molar-refractivity contribution in [2.75, 3.05) is 26.2 Å². The SMILES string of the molecule is CCOC(=O)CCN1CCC(Oc2c(F)c(Oc3cccc(-c4nccn4C)c3)nc(Oc3cc(C(=N)N)ccc3O)c2F)CC1. The van der Waals surface area contributed by atoms with E-state index in [-0.39, 0.29) is 35.3 Å².